The normalized spacial score (nSPS) is 26.9. The van der Waals surface area contributed by atoms with Crippen LogP contribution in [0.3, 0.4) is 0 Å². The van der Waals surface area contributed by atoms with E-state index in [0.717, 1.165) is 32.3 Å². The van der Waals surface area contributed by atoms with Crippen LogP contribution in [0.4, 0.5) is 0 Å². The molecule has 3 heteroatoms. The van der Waals surface area contributed by atoms with E-state index < -0.39 is 0 Å². The van der Waals surface area contributed by atoms with Gasteiger partial charge in [0.15, 0.2) is 0 Å². The van der Waals surface area contributed by atoms with Crippen LogP contribution in [0.1, 0.15) is 38.5 Å². The van der Waals surface area contributed by atoms with E-state index in [-0.39, 0.29) is 11.6 Å². The Morgan fingerprint density at radius 2 is 2.13 bits per heavy atom. The zero-order chi connectivity index (χ0) is 10.7. The number of hydrogen-bond acceptors (Lipinski definition) is 3. The topological polar surface area (TPSA) is 44.5 Å². The largest absolute Gasteiger partial charge is 0.501 e. The summed E-state index contributed by atoms with van der Waals surface area (Å²) in [6.45, 7) is 0.830. The molecule has 1 fully saturated rings. The minimum Gasteiger partial charge on any atom is -0.501 e. The van der Waals surface area contributed by atoms with Crippen LogP contribution in [0, 0.1) is 0 Å². The van der Waals surface area contributed by atoms with Gasteiger partial charge in [0.25, 0.3) is 0 Å². The van der Waals surface area contributed by atoms with Crippen molar-refractivity contribution in [2.75, 3.05) is 13.7 Å². The zero-order valence-corrected chi connectivity index (χ0v) is 9.50. The molecule has 0 amide bonds. The molecular formula is C12H21NO2. The lowest BCUT2D eigenvalue weighted by atomic mass is 9.85. The Labute approximate surface area is 91.6 Å². The first kappa shape index (κ1) is 11.0. The van der Waals surface area contributed by atoms with Gasteiger partial charge in [0, 0.05) is 7.11 Å². The fourth-order valence-electron chi connectivity index (χ4n) is 2.77. The fourth-order valence-corrected chi connectivity index (χ4v) is 2.77. The molecule has 15 heavy (non-hydrogen) atoms. The lowest BCUT2D eigenvalue weighted by Crippen LogP contribution is -2.49. The number of rotatable bonds is 3. The van der Waals surface area contributed by atoms with Gasteiger partial charge in [-0.2, -0.15) is 0 Å². The maximum absolute atomic E-state index is 6.33. The number of nitrogens with two attached hydrogens (primary N) is 1. The van der Waals surface area contributed by atoms with Crippen molar-refractivity contribution in [3.8, 4) is 0 Å². The third-order valence-electron chi connectivity index (χ3n) is 3.79. The van der Waals surface area contributed by atoms with E-state index in [4.69, 9.17) is 15.2 Å². The lowest BCUT2D eigenvalue weighted by Gasteiger charge is -2.36. The van der Waals surface area contributed by atoms with Crippen molar-refractivity contribution in [1.82, 2.24) is 0 Å². The van der Waals surface area contributed by atoms with Crippen molar-refractivity contribution < 1.29 is 9.47 Å². The molecule has 0 aromatic carbocycles. The highest BCUT2D eigenvalue weighted by Crippen LogP contribution is 2.38. The van der Waals surface area contributed by atoms with Crippen LogP contribution in [-0.2, 0) is 9.47 Å². The predicted molar refractivity (Wildman–Crippen MR) is 59.5 cm³/mol. The third-order valence-corrected chi connectivity index (χ3v) is 3.79. The molecule has 0 bridgehead atoms. The number of ether oxygens (including phenoxy) is 2. The Balaban J connectivity index is 2.10. The average molecular weight is 211 g/mol. The minimum atomic E-state index is -0.119. The number of hydrogen-bond donors (Lipinski definition) is 1. The third kappa shape index (κ3) is 2.04. The highest BCUT2D eigenvalue weighted by Gasteiger charge is 2.41. The molecule has 1 atom stereocenters. The van der Waals surface area contributed by atoms with Crippen molar-refractivity contribution in [3.63, 3.8) is 0 Å². The van der Waals surface area contributed by atoms with Crippen LogP contribution in [0.5, 0.6) is 0 Å². The Kier molecular flexibility index (Phi) is 3.32. The van der Waals surface area contributed by atoms with Crippen molar-refractivity contribution in [3.05, 3.63) is 11.8 Å². The van der Waals surface area contributed by atoms with Crippen LogP contribution >= 0.6 is 0 Å². The maximum atomic E-state index is 6.33. The highest BCUT2D eigenvalue weighted by molar-refractivity contribution is 5.17. The molecule has 2 aliphatic rings. The summed E-state index contributed by atoms with van der Waals surface area (Å²) < 4.78 is 11.0. The van der Waals surface area contributed by atoms with E-state index >= 15 is 0 Å². The smallest absolute Gasteiger partial charge is 0.0876 e. The first-order valence-corrected chi connectivity index (χ1v) is 5.90. The van der Waals surface area contributed by atoms with Gasteiger partial charge < -0.3 is 15.2 Å². The Hall–Kier alpha value is -0.540. The quantitative estimate of drug-likeness (QED) is 0.776. The molecule has 3 nitrogen and oxygen atoms in total. The molecule has 2 N–H and O–H groups in total. The number of methoxy groups -OCH3 is 1. The van der Waals surface area contributed by atoms with E-state index in [1.54, 1.807) is 7.11 Å². The second-order valence-corrected chi connectivity index (χ2v) is 4.62. The van der Waals surface area contributed by atoms with E-state index in [0.29, 0.717) is 0 Å². The van der Waals surface area contributed by atoms with Crippen molar-refractivity contribution in [2.24, 2.45) is 5.73 Å². The monoisotopic (exact) mass is 211 g/mol. The van der Waals surface area contributed by atoms with Crippen LogP contribution in [-0.4, -0.2) is 25.4 Å². The van der Waals surface area contributed by atoms with Gasteiger partial charge in [-0.1, -0.05) is 12.8 Å². The van der Waals surface area contributed by atoms with E-state index in [1.807, 2.05) is 6.26 Å². The molecular weight excluding hydrogens is 190 g/mol. The van der Waals surface area contributed by atoms with Gasteiger partial charge in [0.1, 0.15) is 0 Å². The Morgan fingerprint density at radius 1 is 1.40 bits per heavy atom. The van der Waals surface area contributed by atoms with Gasteiger partial charge in [-0.15, -0.1) is 0 Å². The molecule has 86 valence electrons. The van der Waals surface area contributed by atoms with Gasteiger partial charge in [0.05, 0.1) is 24.5 Å². The second kappa shape index (κ2) is 4.54. The van der Waals surface area contributed by atoms with Gasteiger partial charge in [-0.3, -0.25) is 0 Å². The van der Waals surface area contributed by atoms with Gasteiger partial charge in [-0.25, -0.2) is 0 Å². The predicted octanol–water partition coefficient (Wildman–Crippen LogP) is 1.97. The molecule has 2 rings (SSSR count). The molecule has 1 unspecified atom stereocenters. The van der Waals surface area contributed by atoms with E-state index in [1.165, 1.54) is 18.4 Å². The summed E-state index contributed by atoms with van der Waals surface area (Å²) in [6.07, 6.45) is 8.63. The van der Waals surface area contributed by atoms with Gasteiger partial charge >= 0.3 is 0 Å². The van der Waals surface area contributed by atoms with Gasteiger partial charge in [0.2, 0.25) is 0 Å². The van der Waals surface area contributed by atoms with E-state index in [9.17, 15) is 0 Å². The van der Waals surface area contributed by atoms with Crippen molar-refractivity contribution >= 4 is 0 Å². The van der Waals surface area contributed by atoms with Crippen LogP contribution in [0.15, 0.2) is 11.8 Å². The average Bonchev–Trinajstić information content (AvgIpc) is 2.79. The molecule has 0 aromatic heterocycles. The van der Waals surface area contributed by atoms with Crippen molar-refractivity contribution in [1.29, 1.82) is 0 Å². The van der Waals surface area contributed by atoms with Crippen LogP contribution in [0.2, 0.25) is 0 Å². The fraction of sp³-hybridized carbons (Fsp3) is 0.833. The summed E-state index contributed by atoms with van der Waals surface area (Å²) >= 11 is 0. The second-order valence-electron chi connectivity index (χ2n) is 4.62. The highest BCUT2D eigenvalue weighted by atomic mass is 16.5. The van der Waals surface area contributed by atoms with Crippen LogP contribution in [0.25, 0.3) is 0 Å². The summed E-state index contributed by atoms with van der Waals surface area (Å²) in [5, 5.41) is 0. The molecule has 1 aliphatic heterocycles. The first-order valence-electron chi connectivity index (χ1n) is 5.90. The molecule has 1 aliphatic carbocycles. The minimum absolute atomic E-state index is 0.0188. The SMILES string of the molecule is COC1(C(N)C2=COCCC2)CCCC1. The standard InChI is InChI=1S/C12H21NO2/c1-14-12(6-2-3-7-12)11(13)10-5-4-8-15-9-10/h9,11H,2-8,13H2,1H3. The summed E-state index contributed by atoms with van der Waals surface area (Å²) in [7, 11) is 1.79. The lowest BCUT2D eigenvalue weighted by molar-refractivity contribution is -0.0190. The molecule has 1 saturated carbocycles. The molecule has 0 radical (unpaired) electrons. The van der Waals surface area contributed by atoms with Gasteiger partial charge in [-0.05, 0) is 31.3 Å². The molecule has 1 heterocycles. The first-order chi connectivity index (χ1) is 7.28. The zero-order valence-electron chi connectivity index (χ0n) is 9.50. The molecule has 0 saturated heterocycles. The molecule has 0 spiro atoms. The summed E-state index contributed by atoms with van der Waals surface area (Å²) in [4.78, 5) is 0. The summed E-state index contributed by atoms with van der Waals surface area (Å²) in [5.74, 6) is 0. The van der Waals surface area contributed by atoms with Crippen LogP contribution < -0.4 is 5.73 Å². The maximum Gasteiger partial charge on any atom is 0.0876 e. The Morgan fingerprint density at radius 3 is 2.67 bits per heavy atom. The van der Waals surface area contributed by atoms with Crippen molar-refractivity contribution in [2.45, 2.75) is 50.2 Å². The summed E-state index contributed by atoms with van der Waals surface area (Å²) in [5.41, 5.74) is 7.43. The molecule has 0 aromatic rings. The Bertz CT molecular complexity index is 244. The van der Waals surface area contributed by atoms with E-state index in [2.05, 4.69) is 0 Å². The summed E-state index contributed by atoms with van der Waals surface area (Å²) in [6, 6.07) is 0.0188.